The zero-order valence-electron chi connectivity index (χ0n) is 10.9. The van der Waals surface area contributed by atoms with Crippen LogP contribution in [0, 0.1) is 0 Å². The van der Waals surface area contributed by atoms with E-state index in [9.17, 15) is 4.79 Å². The van der Waals surface area contributed by atoms with Crippen molar-refractivity contribution in [3.8, 4) is 11.1 Å². The largest absolute Gasteiger partial charge is 0.298 e. The lowest BCUT2D eigenvalue weighted by atomic mass is 9.94. The third-order valence-corrected chi connectivity index (χ3v) is 3.37. The zero-order valence-corrected chi connectivity index (χ0v) is 10.9. The van der Waals surface area contributed by atoms with E-state index in [4.69, 9.17) is 0 Å². The summed E-state index contributed by atoms with van der Waals surface area (Å²) in [5.41, 5.74) is 5.67. The molecular formula is C17H18O. The third kappa shape index (κ3) is 2.35. The number of carbonyl (C=O) groups is 1. The van der Waals surface area contributed by atoms with Crippen molar-refractivity contribution in [2.24, 2.45) is 0 Å². The lowest BCUT2D eigenvalue weighted by Crippen LogP contribution is -1.93. The van der Waals surface area contributed by atoms with Crippen LogP contribution >= 0.6 is 0 Å². The molecule has 0 unspecified atom stereocenters. The van der Waals surface area contributed by atoms with E-state index in [0.29, 0.717) is 0 Å². The highest BCUT2D eigenvalue weighted by Crippen LogP contribution is 2.25. The maximum Gasteiger partial charge on any atom is 0.150 e. The average molecular weight is 238 g/mol. The van der Waals surface area contributed by atoms with E-state index in [2.05, 4.69) is 32.0 Å². The first-order chi connectivity index (χ1) is 8.80. The Morgan fingerprint density at radius 1 is 0.944 bits per heavy atom. The van der Waals surface area contributed by atoms with Crippen LogP contribution in [0.1, 0.15) is 35.3 Å². The quantitative estimate of drug-likeness (QED) is 0.726. The Kier molecular flexibility index (Phi) is 3.93. The van der Waals surface area contributed by atoms with Crippen molar-refractivity contribution in [3.05, 3.63) is 59.2 Å². The predicted octanol–water partition coefficient (Wildman–Crippen LogP) is 4.29. The second-order valence-corrected chi connectivity index (χ2v) is 4.40. The molecule has 0 aliphatic carbocycles. The summed E-state index contributed by atoms with van der Waals surface area (Å²) in [5, 5.41) is 0. The molecule has 0 aliphatic rings. The van der Waals surface area contributed by atoms with Gasteiger partial charge in [-0.05, 0) is 35.1 Å². The average Bonchev–Trinajstić information content (AvgIpc) is 2.46. The Morgan fingerprint density at radius 3 is 2.33 bits per heavy atom. The molecule has 0 amide bonds. The molecule has 0 spiro atoms. The maximum absolute atomic E-state index is 11.1. The van der Waals surface area contributed by atoms with Gasteiger partial charge in [0.15, 0.2) is 6.29 Å². The molecule has 0 N–H and O–H groups in total. The first-order valence-electron chi connectivity index (χ1n) is 6.46. The topological polar surface area (TPSA) is 17.1 Å². The summed E-state index contributed by atoms with van der Waals surface area (Å²) < 4.78 is 0. The van der Waals surface area contributed by atoms with E-state index >= 15 is 0 Å². The fraction of sp³-hybridized carbons (Fsp3) is 0.235. The summed E-state index contributed by atoms with van der Waals surface area (Å²) >= 11 is 0. The van der Waals surface area contributed by atoms with E-state index in [0.717, 1.165) is 35.8 Å². The van der Waals surface area contributed by atoms with Crippen LogP contribution in [0.2, 0.25) is 0 Å². The van der Waals surface area contributed by atoms with Crippen LogP contribution in [0.5, 0.6) is 0 Å². The van der Waals surface area contributed by atoms with Crippen LogP contribution in [0.3, 0.4) is 0 Å². The van der Waals surface area contributed by atoms with Crippen molar-refractivity contribution >= 4 is 6.29 Å². The van der Waals surface area contributed by atoms with Crippen molar-refractivity contribution in [2.75, 3.05) is 0 Å². The Bertz CT molecular complexity index is 555. The highest BCUT2D eigenvalue weighted by molar-refractivity contribution is 5.87. The summed E-state index contributed by atoms with van der Waals surface area (Å²) in [7, 11) is 0. The summed E-state index contributed by atoms with van der Waals surface area (Å²) in [5.74, 6) is 0. The van der Waals surface area contributed by atoms with E-state index in [-0.39, 0.29) is 0 Å². The van der Waals surface area contributed by atoms with E-state index in [1.807, 2.05) is 24.3 Å². The molecule has 0 saturated heterocycles. The number of carbonyl (C=O) groups excluding carboxylic acids is 1. The van der Waals surface area contributed by atoms with Crippen LogP contribution in [0.15, 0.2) is 42.5 Å². The van der Waals surface area contributed by atoms with Crippen molar-refractivity contribution in [1.29, 1.82) is 0 Å². The van der Waals surface area contributed by atoms with Crippen LogP contribution in [0.4, 0.5) is 0 Å². The van der Waals surface area contributed by atoms with Crippen molar-refractivity contribution in [3.63, 3.8) is 0 Å². The van der Waals surface area contributed by atoms with Gasteiger partial charge in [-0.3, -0.25) is 4.79 Å². The minimum atomic E-state index is 0.754. The fourth-order valence-corrected chi connectivity index (χ4v) is 2.33. The monoisotopic (exact) mass is 238 g/mol. The van der Waals surface area contributed by atoms with Gasteiger partial charge in [0.2, 0.25) is 0 Å². The Hall–Kier alpha value is -1.89. The Morgan fingerprint density at radius 2 is 1.67 bits per heavy atom. The summed E-state index contributed by atoms with van der Waals surface area (Å²) in [6.45, 7) is 4.34. The summed E-state index contributed by atoms with van der Waals surface area (Å²) in [6, 6.07) is 14.2. The number of aryl methyl sites for hydroxylation is 2. The molecular weight excluding hydrogens is 220 g/mol. The second-order valence-electron chi connectivity index (χ2n) is 4.40. The Balaban J connectivity index is 2.54. The van der Waals surface area contributed by atoms with E-state index < -0.39 is 0 Å². The summed E-state index contributed by atoms with van der Waals surface area (Å²) in [4.78, 5) is 11.1. The third-order valence-electron chi connectivity index (χ3n) is 3.37. The molecule has 18 heavy (non-hydrogen) atoms. The number of hydrogen-bond acceptors (Lipinski definition) is 1. The first kappa shape index (κ1) is 12.6. The zero-order chi connectivity index (χ0) is 13.0. The molecule has 0 aromatic heterocycles. The van der Waals surface area contributed by atoms with Gasteiger partial charge < -0.3 is 0 Å². The van der Waals surface area contributed by atoms with Crippen LogP contribution in [-0.4, -0.2) is 6.29 Å². The van der Waals surface area contributed by atoms with Gasteiger partial charge >= 0.3 is 0 Å². The van der Waals surface area contributed by atoms with Crippen LogP contribution < -0.4 is 0 Å². The van der Waals surface area contributed by atoms with E-state index in [1.54, 1.807) is 0 Å². The normalized spacial score (nSPS) is 10.3. The second kappa shape index (κ2) is 5.63. The van der Waals surface area contributed by atoms with Crippen molar-refractivity contribution in [2.45, 2.75) is 26.7 Å². The molecule has 0 bridgehead atoms. The molecule has 0 aliphatic heterocycles. The van der Waals surface area contributed by atoms with Gasteiger partial charge in [0, 0.05) is 5.56 Å². The maximum atomic E-state index is 11.1. The van der Waals surface area contributed by atoms with Gasteiger partial charge in [-0.15, -0.1) is 0 Å². The summed E-state index contributed by atoms with van der Waals surface area (Å²) in [6.07, 6.45) is 3.01. The lowest BCUT2D eigenvalue weighted by molar-refractivity contribution is 0.112. The molecule has 0 saturated carbocycles. The minimum absolute atomic E-state index is 0.754. The molecule has 1 heteroatoms. The molecule has 0 fully saturated rings. The molecule has 2 rings (SSSR count). The van der Waals surface area contributed by atoms with Gasteiger partial charge in [0.25, 0.3) is 0 Å². The number of benzene rings is 2. The predicted molar refractivity (Wildman–Crippen MR) is 76.0 cm³/mol. The standard InChI is InChI=1S/C17H18O/c1-3-13-9-10-15(11-14(13)4-2)17-8-6-5-7-16(17)12-18/h5-12H,3-4H2,1-2H3. The molecule has 2 aromatic rings. The first-order valence-corrected chi connectivity index (χ1v) is 6.46. The number of aldehydes is 1. The highest BCUT2D eigenvalue weighted by Gasteiger charge is 2.06. The SMILES string of the molecule is CCc1ccc(-c2ccccc2C=O)cc1CC. The van der Waals surface area contributed by atoms with E-state index in [1.165, 1.54) is 11.1 Å². The fourth-order valence-electron chi connectivity index (χ4n) is 2.33. The smallest absolute Gasteiger partial charge is 0.150 e. The molecule has 1 nitrogen and oxygen atoms in total. The van der Waals surface area contributed by atoms with Crippen LogP contribution in [0.25, 0.3) is 11.1 Å². The number of hydrogen-bond donors (Lipinski definition) is 0. The van der Waals surface area contributed by atoms with Gasteiger partial charge in [-0.25, -0.2) is 0 Å². The molecule has 2 aromatic carbocycles. The van der Waals surface area contributed by atoms with Crippen molar-refractivity contribution in [1.82, 2.24) is 0 Å². The molecule has 92 valence electrons. The molecule has 0 atom stereocenters. The van der Waals surface area contributed by atoms with Gasteiger partial charge in [-0.2, -0.15) is 0 Å². The lowest BCUT2D eigenvalue weighted by Gasteiger charge is -2.10. The molecule has 0 radical (unpaired) electrons. The van der Waals surface area contributed by atoms with Gasteiger partial charge in [-0.1, -0.05) is 56.3 Å². The van der Waals surface area contributed by atoms with Crippen LogP contribution in [-0.2, 0) is 12.8 Å². The van der Waals surface area contributed by atoms with Gasteiger partial charge in [0.1, 0.15) is 0 Å². The number of rotatable bonds is 4. The Labute approximate surface area is 108 Å². The van der Waals surface area contributed by atoms with Gasteiger partial charge in [0.05, 0.1) is 0 Å². The minimum Gasteiger partial charge on any atom is -0.298 e. The van der Waals surface area contributed by atoms with Crippen molar-refractivity contribution < 1.29 is 4.79 Å². The highest BCUT2D eigenvalue weighted by atomic mass is 16.1. The molecule has 0 heterocycles.